The van der Waals surface area contributed by atoms with E-state index in [0.29, 0.717) is 0 Å². The van der Waals surface area contributed by atoms with Gasteiger partial charge in [-0.3, -0.25) is 4.79 Å². The molecule has 0 atom stereocenters. The van der Waals surface area contributed by atoms with E-state index in [9.17, 15) is 44.3 Å². The lowest BCUT2D eigenvalue weighted by molar-refractivity contribution is -0.387. The fourth-order valence-corrected chi connectivity index (χ4v) is 1.43. The van der Waals surface area contributed by atoms with Crippen molar-refractivity contribution in [3.05, 3.63) is 12.0 Å². The van der Waals surface area contributed by atoms with Crippen LogP contribution in [0.1, 0.15) is 13.8 Å². The number of hydrogen-bond acceptors (Lipinski definition) is 3. The first-order valence-corrected chi connectivity index (χ1v) is 6.13. The van der Waals surface area contributed by atoms with Gasteiger partial charge >= 0.3 is 24.1 Å². The van der Waals surface area contributed by atoms with E-state index in [1.54, 1.807) is 0 Å². The fourth-order valence-electron chi connectivity index (χ4n) is 1.43. The maximum Gasteiger partial charge on any atom is 0.429 e. The summed E-state index contributed by atoms with van der Waals surface area (Å²) in [6.07, 6.45) is -20.8. The van der Waals surface area contributed by atoms with Crippen molar-refractivity contribution in [3.8, 4) is 0 Å². The first kappa shape index (κ1) is 22.2. The Morgan fingerprint density at radius 3 is 1.42 bits per heavy atom. The van der Waals surface area contributed by atoms with Gasteiger partial charge in [-0.05, 0) is 13.8 Å². The van der Waals surface area contributed by atoms with Gasteiger partial charge in [-0.15, -0.1) is 0 Å². The van der Waals surface area contributed by atoms with Crippen LogP contribution in [0.15, 0.2) is 12.0 Å². The van der Waals surface area contributed by atoms with Crippen LogP contribution in [0.4, 0.5) is 39.5 Å². The Bertz CT molecular complexity index is 421. The summed E-state index contributed by atoms with van der Waals surface area (Å²) < 4.78 is 123. The summed E-state index contributed by atoms with van der Waals surface area (Å²) in [6, 6.07) is 0. The maximum atomic E-state index is 12.6. The molecule has 0 radical (unpaired) electrons. The van der Waals surface area contributed by atoms with Crippen molar-refractivity contribution in [3.63, 3.8) is 0 Å². The maximum absolute atomic E-state index is 12.6. The zero-order chi connectivity index (χ0) is 19.4. The molecule has 0 aliphatic rings. The average Bonchev–Trinajstić information content (AvgIpc) is 2.31. The molecule has 0 bridgehead atoms. The Labute approximate surface area is 129 Å². The lowest BCUT2D eigenvalue weighted by atomic mass is 9.96. The highest BCUT2D eigenvalue weighted by Crippen LogP contribution is 2.52. The summed E-state index contributed by atoms with van der Waals surface area (Å²) in [6.45, 7) is 2.25. The van der Waals surface area contributed by atoms with E-state index in [1.807, 2.05) is 0 Å². The molecule has 0 aliphatic heterocycles. The number of carbonyl (C=O) groups is 1. The minimum atomic E-state index is -6.90. The number of amides is 1. The molecule has 0 aromatic rings. The van der Waals surface area contributed by atoms with Gasteiger partial charge in [-0.25, -0.2) is 0 Å². The van der Waals surface area contributed by atoms with Crippen molar-refractivity contribution in [1.29, 1.82) is 0 Å². The fraction of sp³-hybridized carbons (Fsp3) is 0.727. The number of carbonyl (C=O) groups excluding carboxylic acids is 1. The molecule has 0 fully saturated rings. The molecule has 1 amide bonds. The van der Waals surface area contributed by atoms with E-state index in [0.717, 1.165) is 0 Å². The van der Waals surface area contributed by atoms with Crippen LogP contribution in [0.2, 0.25) is 0 Å². The van der Waals surface area contributed by atoms with Crippen LogP contribution in [-0.4, -0.2) is 43.2 Å². The average molecular weight is 377 g/mol. The number of nitrogens with one attached hydrogen (secondary N) is 1. The van der Waals surface area contributed by atoms with Gasteiger partial charge in [0.25, 0.3) is 11.9 Å². The van der Waals surface area contributed by atoms with E-state index in [-0.39, 0.29) is 24.6 Å². The Morgan fingerprint density at radius 2 is 1.17 bits per heavy atom. The topological polar surface area (TPSA) is 47.6 Å². The van der Waals surface area contributed by atoms with Gasteiger partial charge < -0.3 is 14.8 Å². The minimum absolute atomic E-state index is 0.0526. The summed E-state index contributed by atoms with van der Waals surface area (Å²) in [5.41, 5.74) is -6.44. The Balaban J connectivity index is 5.98. The van der Waals surface area contributed by atoms with Crippen LogP contribution in [0.25, 0.3) is 0 Å². The molecule has 0 aliphatic carbocycles. The summed E-state index contributed by atoms with van der Waals surface area (Å²) in [7, 11) is 0. The van der Waals surface area contributed by atoms with Crippen molar-refractivity contribution < 1.29 is 53.8 Å². The standard InChI is InChI=1S/C11H12F9NO3/c1-3-23-7(24-4-2)5-6(22)21-8(9(12,13)14,10(15,16)17)11(18,19)20/h5H,3-4H2,1-2H3,(H,21,22). The van der Waals surface area contributed by atoms with Crippen LogP contribution in [0.5, 0.6) is 0 Å². The molecule has 142 valence electrons. The molecule has 0 saturated heterocycles. The van der Waals surface area contributed by atoms with Crippen molar-refractivity contribution in [2.45, 2.75) is 37.9 Å². The van der Waals surface area contributed by atoms with Crippen LogP contribution in [0, 0.1) is 0 Å². The Hall–Kier alpha value is -1.82. The monoisotopic (exact) mass is 377 g/mol. The molecule has 0 saturated carbocycles. The third-order valence-electron chi connectivity index (χ3n) is 2.41. The highest BCUT2D eigenvalue weighted by molar-refractivity contribution is 5.88. The van der Waals surface area contributed by atoms with Crippen molar-refractivity contribution in [2.24, 2.45) is 0 Å². The van der Waals surface area contributed by atoms with E-state index in [4.69, 9.17) is 0 Å². The number of hydrogen-bond donors (Lipinski definition) is 1. The predicted octanol–water partition coefficient (Wildman–Crippen LogP) is 3.44. The normalized spacial score (nSPS) is 13.3. The smallest absolute Gasteiger partial charge is 0.429 e. The molecule has 0 aromatic carbocycles. The van der Waals surface area contributed by atoms with E-state index >= 15 is 0 Å². The van der Waals surface area contributed by atoms with Crippen LogP contribution in [-0.2, 0) is 14.3 Å². The first-order chi connectivity index (χ1) is 10.6. The molecule has 0 rings (SSSR count). The van der Waals surface area contributed by atoms with Gasteiger partial charge in [-0.2, -0.15) is 39.5 Å². The molecule has 24 heavy (non-hydrogen) atoms. The molecule has 13 heteroatoms. The van der Waals surface area contributed by atoms with E-state index in [1.165, 1.54) is 13.8 Å². The third-order valence-corrected chi connectivity index (χ3v) is 2.41. The number of alkyl halides is 9. The molecule has 0 heterocycles. The van der Waals surface area contributed by atoms with Gasteiger partial charge in [0.15, 0.2) is 0 Å². The zero-order valence-electron chi connectivity index (χ0n) is 12.1. The largest absolute Gasteiger partial charge is 0.466 e. The zero-order valence-corrected chi connectivity index (χ0v) is 12.1. The summed E-state index contributed by atoms with van der Waals surface area (Å²) in [4.78, 5) is 11.3. The SMILES string of the molecule is CCOC(=CC(=O)NC(C(F)(F)F)(C(F)(F)F)C(F)(F)F)OCC. The molecule has 0 unspecified atom stereocenters. The highest BCUT2D eigenvalue weighted by Gasteiger charge is 2.84. The van der Waals surface area contributed by atoms with Crippen LogP contribution in [0.3, 0.4) is 0 Å². The van der Waals surface area contributed by atoms with Crippen LogP contribution >= 0.6 is 0 Å². The van der Waals surface area contributed by atoms with E-state index in [2.05, 4.69) is 9.47 Å². The lowest BCUT2D eigenvalue weighted by Crippen LogP contribution is -2.75. The summed E-state index contributed by atoms with van der Waals surface area (Å²) in [5.74, 6) is -3.18. The second-order valence-corrected chi connectivity index (χ2v) is 4.06. The van der Waals surface area contributed by atoms with Crippen molar-refractivity contribution >= 4 is 5.91 Å². The molecular formula is C11H12F9NO3. The highest BCUT2D eigenvalue weighted by atomic mass is 19.4. The van der Waals surface area contributed by atoms with Gasteiger partial charge in [0, 0.05) is 0 Å². The second kappa shape index (κ2) is 7.38. The molecular weight excluding hydrogens is 365 g/mol. The number of rotatable bonds is 6. The molecule has 4 nitrogen and oxygen atoms in total. The summed E-state index contributed by atoms with van der Waals surface area (Å²) >= 11 is 0. The van der Waals surface area contributed by atoms with Crippen molar-refractivity contribution in [2.75, 3.05) is 13.2 Å². The Morgan fingerprint density at radius 1 is 0.833 bits per heavy atom. The second-order valence-electron chi connectivity index (χ2n) is 4.06. The predicted molar refractivity (Wildman–Crippen MR) is 60.4 cm³/mol. The quantitative estimate of drug-likeness (QED) is 0.438. The van der Waals surface area contributed by atoms with Crippen LogP contribution < -0.4 is 5.32 Å². The van der Waals surface area contributed by atoms with Gasteiger partial charge in [0.05, 0.1) is 19.3 Å². The molecule has 1 N–H and O–H groups in total. The lowest BCUT2D eigenvalue weighted by Gasteiger charge is -2.38. The number of halogens is 9. The summed E-state index contributed by atoms with van der Waals surface area (Å²) in [5, 5.41) is -0.0526. The third kappa shape index (κ3) is 4.60. The molecule has 0 spiro atoms. The van der Waals surface area contributed by atoms with E-state index < -0.39 is 35.9 Å². The number of ether oxygens (including phenoxy) is 2. The molecule has 0 aromatic heterocycles. The minimum Gasteiger partial charge on any atom is -0.466 e. The van der Waals surface area contributed by atoms with Gasteiger partial charge in [0.1, 0.15) is 0 Å². The van der Waals surface area contributed by atoms with Gasteiger partial charge in [-0.1, -0.05) is 0 Å². The van der Waals surface area contributed by atoms with Crippen molar-refractivity contribution in [1.82, 2.24) is 5.32 Å². The first-order valence-electron chi connectivity index (χ1n) is 6.13. The Kier molecular flexibility index (Phi) is 6.82. The van der Waals surface area contributed by atoms with Gasteiger partial charge in [0.2, 0.25) is 0 Å².